The third-order valence-corrected chi connectivity index (χ3v) is 5.70. The number of rotatable bonds is 6. The molecule has 2 atom stereocenters. The van der Waals surface area contributed by atoms with Crippen LogP contribution in [0.3, 0.4) is 0 Å². The Morgan fingerprint density at radius 1 is 1.13 bits per heavy atom. The fraction of sp³-hybridized carbons (Fsp3) is 0.944. The molecule has 3 rings (SSSR count). The van der Waals surface area contributed by atoms with Gasteiger partial charge in [0.05, 0.1) is 6.61 Å². The summed E-state index contributed by atoms with van der Waals surface area (Å²) in [6, 6.07) is 0.644. The SMILES string of the molecule is CC(=O)N1CCCN([C@@H]2CN(CCOCC3CC3)C[C@H]2C)CC1. The zero-order valence-electron chi connectivity index (χ0n) is 14.9. The van der Waals surface area contributed by atoms with E-state index in [1.165, 1.54) is 19.4 Å². The van der Waals surface area contributed by atoms with Gasteiger partial charge in [0.25, 0.3) is 0 Å². The first-order chi connectivity index (χ1) is 11.1. The van der Waals surface area contributed by atoms with Crippen LogP contribution in [0.15, 0.2) is 0 Å². The lowest BCUT2D eigenvalue weighted by Gasteiger charge is -2.30. The highest BCUT2D eigenvalue weighted by Crippen LogP contribution is 2.29. The number of nitrogens with zero attached hydrogens (tertiary/aromatic N) is 3. The molecule has 132 valence electrons. The molecule has 3 fully saturated rings. The fourth-order valence-electron chi connectivity index (χ4n) is 4.02. The van der Waals surface area contributed by atoms with Crippen molar-refractivity contribution < 1.29 is 9.53 Å². The van der Waals surface area contributed by atoms with Crippen molar-refractivity contribution in [2.45, 2.75) is 39.2 Å². The van der Waals surface area contributed by atoms with E-state index >= 15 is 0 Å². The lowest BCUT2D eigenvalue weighted by atomic mass is 10.0. The molecule has 1 amide bonds. The van der Waals surface area contributed by atoms with Crippen molar-refractivity contribution in [1.29, 1.82) is 0 Å². The molecule has 23 heavy (non-hydrogen) atoms. The molecule has 0 N–H and O–H groups in total. The van der Waals surface area contributed by atoms with Gasteiger partial charge in [-0.1, -0.05) is 6.92 Å². The van der Waals surface area contributed by atoms with Crippen LogP contribution in [0, 0.1) is 11.8 Å². The van der Waals surface area contributed by atoms with Gasteiger partial charge in [0.1, 0.15) is 0 Å². The summed E-state index contributed by atoms with van der Waals surface area (Å²) in [5.41, 5.74) is 0. The normalized spacial score (nSPS) is 30.6. The van der Waals surface area contributed by atoms with Crippen molar-refractivity contribution in [1.82, 2.24) is 14.7 Å². The maximum Gasteiger partial charge on any atom is 0.219 e. The minimum absolute atomic E-state index is 0.223. The third-order valence-electron chi connectivity index (χ3n) is 5.70. The fourth-order valence-corrected chi connectivity index (χ4v) is 4.02. The molecule has 0 aromatic heterocycles. The summed E-state index contributed by atoms with van der Waals surface area (Å²) in [5.74, 6) is 1.80. The van der Waals surface area contributed by atoms with Gasteiger partial charge in [-0.05, 0) is 31.1 Å². The van der Waals surface area contributed by atoms with E-state index in [0.717, 1.165) is 64.8 Å². The molecule has 0 radical (unpaired) electrons. The van der Waals surface area contributed by atoms with Crippen LogP contribution in [0.2, 0.25) is 0 Å². The summed E-state index contributed by atoms with van der Waals surface area (Å²) in [4.78, 5) is 18.8. The van der Waals surface area contributed by atoms with E-state index < -0.39 is 0 Å². The molecule has 2 heterocycles. The second kappa shape index (κ2) is 7.95. The summed E-state index contributed by atoms with van der Waals surface area (Å²) in [7, 11) is 0. The zero-order valence-corrected chi connectivity index (χ0v) is 14.9. The van der Waals surface area contributed by atoms with Crippen LogP contribution in [0.1, 0.15) is 33.1 Å². The summed E-state index contributed by atoms with van der Waals surface area (Å²) >= 11 is 0. The Labute approximate surface area is 140 Å². The Morgan fingerprint density at radius 2 is 1.96 bits per heavy atom. The smallest absolute Gasteiger partial charge is 0.219 e. The Hall–Kier alpha value is -0.650. The van der Waals surface area contributed by atoms with Crippen molar-refractivity contribution in [3.63, 3.8) is 0 Å². The second-order valence-corrected chi connectivity index (χ2v) is 7.72. The Bertz CT molecular complexity index is 400. The lowest BCUT2D eigenvalue weighted by molar-refractivity contribution is -0.128. The van der Waals surface area contributed by atoms with E-state index in [0.29, 0.717) is 12.0 Å². The molecule has 2 saturated heterocycles. The molecule has 0 bridgehead atoms. The van der Waals surface area contributed by atoms with Crippen LogP contribution >= 0.6 is 0 Å². The van der Waals surface area contributed by atoms with E-state index in [4.69, 9.17) is 4.74 Å². The maximum absolute atomic E-state index is 11.6. The first kappa shape index (κ1) is 17.2. The van der Waals surface area contributed by atoms with Gasteiger partial charge in [0.2, 0.25) is 5.91 Å². The van der Waals surface area contributed by atoms with Gasteiger partial charge in [0.15, 0.2) is 0 Å². The van der Waals surface area contributed by atoms with E-state index in [-0.39, 0.29) is 5.91 Å². The van der Waals surface area contributed by atoms with E-state index in [1.807, 2.05) is 4.90 Å². The molecule has 2 aliphatic heterocycles. The minimum atomic E-state index is 0.223. The van der Waals surface area contributed by atoms with Crippen LogP contribution in [-0.4, -0.2) is 85.7 Å². The minimum Gasteiger partial charge on any atom is -0.380 e. The van der Waals surface area contributed by atoms with Crippen LogP contribution in [0.25, 0.3) is 0 Å². The van der Waals surface area contributed by atoms with Crippen LogP contribution < -0.4 is 0 Å². The van der Waals surface area contributed by atoms with E-state index in [2.05, 4.69) is 16.7 Å². The first-order valence-corrected chi connectivity index (χ1v) is 9.43. The molecular weight excluding hydrogens is 290 g/mol. The summed E-state index contributed by atoms with van der Waals surface area (Å²) < 4.78 is 5.80. The molecule has 0 unspecified atom stereocenters. The number of carbonyl (C=O) groups is 1. The van der Waals surface area contributed by atoms with Crippen molar-refractivity contribution in [3.8, 4) is 0 Å². The number of hydrogen-bond donors (Lipinski definition) is 0. The molecule has 3 aliphatic rings. The zero-order chi connectivity index (χ0) is 16.2. The highest BCUT2D eigenvalue weighted by Gasteiger charge is 2.34. The number of ether oxygens (including phenoxy) is 1. The first-order valence-electron chi connectivity index (χ1n) is 9.43. The van der Waals surface area contributed by atoms with Gasteiger partial charge in [-0.15, -0.1) is 0 Å². The second-order valence-electron chi connectivity index (χ2n) is 7.72. The van der Waals surface area contributed by atoms with Gasteiger partial charge in [-0.25, -0.2) is 0 Å². The standard InChI is InChI=1S/C18H33N3O2/c1-15-12-19(10-11-23-14-17-4-5-17)13-18(15)21-7-3-6-20(8-9-21)16(2)22/h15,17-18H,3-14H2,1-2H3/t15-,18-/m1/s1. The number of carbonyl (C=O) groups excluding carboxylic acids is 1. The van der Waals surface area contributed by atoms with Gasteiger partial charge in [-0.3, -0.25) is 14.6 Å². The topological polar surface area (TPSA) is 36.0 Å². The molecule has 0 spiro atoms. The largest absolute Gasteiger partial charge is 0.380 e. The Morgan fingerprint density at radius 3 is 2.70 bits per heavy atom. The quantitative estimate of drug-likeness (QED) is 0.690. The maximum atomic E-state index is 11.6. The molecule has 1 saturated carbocycles. The van der Waals surface area contributed by atoms with E-state index in [9.17, 15) is 4.79 Å². The molecule has 0 aromatic rings. The lowest BCUT2D eigenvalue weighted by Crippen LogP contribution is -2.43. The highest BCUT2D eigenvalue weighted by molar-refractivity contribution is 5.73. The number of hydrogen-bond acceptors (Lipinski definition) is 4. The van der Waals surface area contributed by atoms with E-state index in [1.54, 1.807) is 6.92 Å². The third kappa shape index (κ3) is 4.91. The average Bonchev–Trinajstić information content (AvgIpc) is 3.30. The Balaban J connectivity index is 1.41. The molecular formula is C18H33N3O2. The van der Waals surface area contributed by atoms with Crippen molar-refractivity contribution >= 4 is 5.91 Å². The monoisotopic (exact) mass is 323 g/mol. The average molecular weight is 323 g/mol. The number of amides is 1. The predicted molar refractivity (Wildman–Crippen MR) is 91.4 cm³/mol. The predicted octanol–water partition coefficient (Wildman–Crippen LogP) is 1.29. The van der Waals surface area contributed by atoms with Gasteiger partial charge >= 0.3 is 0 Å². The summed E-state index contributed by atoms with van der Waals surface area (Å²) in [5, 5.41) is 0. The molecule has 5 heteroatoms. The summed E-state index contributed by atoms with van der Waals surface area (Å²) in [6.45, 7) is 13.3. The van der Waals surface area contributed by atoms with Crippen LogP contribution in [-0.2, 0) is 9.53 Å². The van der Waals surface area contributed by atoms with Crippen LogP contribution in [0.4, 0.5) is 0 Å². The van der Waals surface area contributed by atoms with Crippen LogP contribution in [0.5, 0.6) is 0 Å². The number of likely N-dealkylation sites (tertiary alicyclic amines) is 1. The van der Waals surface area contributed by atoms with Gasteiger partial charge in [0, 0.05) is 65.4 Å². The van der Waals surface area contributed by atoms with Gasteiger partial charge < -0.3 is 9.64 Å². The van der Waals surface area contributed by atoms with Gasteiger partial charge in [-0.2, -0.15) is 0 Å². The molecule has 5 nitrogen and oxygen atoms in total. The van der Waals surface area contributed by atoms with Crippen molar-refractivity contribution in [2.75, 3.05) is 59.0 Å². The molecule has 1 aliphatic carbocycles. The van der Waals surface area contributed by atoms with Crippen molar-refractivity contribution in [2.24, 2.45) is 11.8 Å². The summed E-state index contributed by atoms with van der Waals surface area (Å²) in [6.07, 6.45) is 3.84. The highest BCUT2D eigenvalue weighted by atomic mass is 16.5. The van der Waals surface area contributed by atoms with Crippen molar-refractivity contribution in [3.05, 3.63) is 0 Å². The molecule has 0 aromatic carbocycles. The Kier molecular flexibility index (Phi) is 5.94.